The Bertz CT molecular complexity index is 651. The molecule has 1 aromatic carbocycles. The zero-order valence-corrected chi connectivity index (χ0v) is 13.5. The standard InChI is InChI=1S/C18H25N3O/c1-20-11-14-3-4-15(12-20)21(14)8-7-13-10-19-18-9-16(22-2)5-6-17(13)18/h5-6,9-10,14-15,19H,3-4,7-8,11-12H2,1-2H3. The Kier molecular flexibility index (Phi) is 3.59. The van der Waals surface area contributed by atoms with Crippen LogP contribution >= 0.6 is 0 Å². The van der Waals surface area contributed by atoms with Gasteiger partial charge in [0.15, 0.2) is 0 Å². The monoisotopic (exact) mass is 299 g/mol. The Balaban J connectivity index is 1.48. The van der Waals surface area contributed by atoms with Crippen LogP contribution in [0.1, 0.15) is 18.4 Å². The lowest BCUT2D eigenvalue weighted by Crippen LogP contribution is -2.52. The van der Waals surface area contributed by atoms with Gasteiger partial charge in [-0.1, -0.05) is 0 Å². The zero-order chi connectivity index (χ0) is 15.1. The molecule has 4 rings (SSSR count). The molecule has 22 heavy (non-hydrogen) atoms. The number of H-pyrrole nitrogens is 1. The minimum absolute atomic E-state index is 0.772. The van der Waals surface area contributed by atoms with Gasteiger partial charge in [-0.25, -0.2) is 0 Å². The highest BCUT2D eigenvalue weighted by Gasteiger charge is 2.38. The van der Waals surface area contributed by atoms with E-state index in [0.717, 1.165) is 24.3 Å². The van der Waals surface area contributed by atoms with Gasteiger partial charge in [-0.05, 0) is 44.0 Å². The maximum Gasteiger partial charge on any atom is 0.120 e. The van der Waals surface area contributed by atoms with Crippen LogP contribution in [0.4, 0.5) is 0 Å². The van der Waals surface area contributed by atoms with E-state index >= 15 is 0 Å². The zero-order valence-electron chi connectivity index (χ0n) is 13.5. The molecule has 0 radical (unpaired) electrons. The summed E-state index contributed by atoms with van der Waals surface area (Å²) in [4.78, 5) is 8.64. The van der Waals surface area contributed by atoms with Gasteiger partial charge >= 0.3 is 0 Å². The quantitative estimate of drug-likeness (QED) is 0.941. The van der Waals surface area contributed by atoms with Gasteiger partial charge in [0, 0.05) is 54.9 Å². The molecule has 4 heteroatoms. The average molecular weight is 299 g/mol. The lowest BCUT2D eigenvalue weighted by molar-refractivity contribution is 0.0837. The van der Waals surface area contributed by atoms with Crippen LogP contribution in [0, 0.1) is 0 Å². The van der Waals surface area contributed by atoms with E-state index in [9.17, 15) is 0 Å². The van der Waals surface area contributed by atoms with Gasteiger partial charge in [0.1, 0.15) is 5.75 Å². The van der Waals surface area contributed by atoms with E-state index in [1.807, 2.05) is 0 Å². The van der Waals surface area contributed by atoms with Gasteiger partial charge in [0.25, 0.3) is 0 Å². The second-order valence-electron chi connectivity index (χ2n) is 6.82. The average Bonchev–Trinajstić information content (AvgIpc) is 3.03. The van der Waals surface area contributed by atoms with Crippen LogP contribution < -0.4 is 4.74 Å². The van der Waals surface area contributed by atoms with E-state index in [-0.39, 0.29) is 0 Å². The molecular formula is C18H25N3O. The fourth-order valence-corrected chi connectivity index (χ4v) is 4.31. The van der Waals surface area contributed by atoms with E-state index in [1.54, 1.807) is 7.11 Å². The van der Waals surface area contributed by atoms with Crippen molar-refractivity contribution in [2.24, 2.45) is 0 Å². The molecule has 0 amide bonds. The van der Waals surface area contributed by atoms with E-state index in [1.165, 1.54) is 48.9 Å². The van der Waals surface area contributed by atoms with Crippen molar-refractivity contribution in [3.63, 3.8) is 0 Å². The maximum atomic E-state index is 5.30. The number of ether oxygens (including phenoxy) is 1. The summed E-state index contributed by atoms with van der Waals surface area (Å²) in [5.74, 6) is 0.915. The van der Waals surface area contributed by atoms with Crippen LogP contribution in [0.5, 0.6) is 5.75 Å². The fraction of sp³-hybridized carbons (Fsp3) is 0.556. The topological polar surface area (TPSA) is 31.5 Å². The molecule has 2 aromatic rings. The van der Waals surface area contributed by atoms with Gasteiger partial charge in [-0.15, -0.1) is 0 Å². The predicted octanol–water partition coefficient (Wildman–Crippen LogP) is 2.50. The van der Waals surface area contributed by atoms with Crippen molar-refractivity contribution in [2.75, 3.05) is 33.8 Å². The Morgan fingerprint density at radius 3 is 2.73 bits per heavy atom. The summed E-state index contributed by atoms with van der Waals surface area (Å²) >= 11 is 0. The highest BCUT2D eigenvalue weighted by atomic mass is 16.5. The number of benzene rings is 1. The number of rotatable bonds is 4. The molecule has 2 bridgehead atoms. The normalized spacial score (nSPS) is 25.9. The van der Waals surface area contributed by atoms with Gasteiger partial charge in [-0.2, -0.15) is 0 Å². The molecule has 3 heterocycles. The third-order valence-corrected chi connectivity index (χ3v) is 5.43. The summed E-state index contributed by atoms with van der Waals surface area (Å²) in [5, 5.41) is 1.34. The second kappa shape index (κ2) is 5.60. The summed E-state index contributed by atoms with van der Waals surface area (Å²) < 4.78 is 5.30. The molecule has 118 valence electrons. The number of methoxy groups -OCH3 is 1. The number of aromatic amines is 1. The van der Waals surface area contributed by atoms with Crippen molar-refractivity contribution in [3.05, 3.63) is 30.0 Å². The first-order valence-electron chi connectivity index (χ1n) is 8.33. The van der Waals surface area contributed by atoms with Crippen LogP contribution in [0.3, 0.4) is 0 Å². The molecule has 0 spiro atoms. The first kappa shape index (κ1) is 14.1. The summed E-state index contributed by atoms with van der Waals surface area (Å²) in [6.45, 7) is 3.66. The molecule has 2 aliphatic heterocycles. The summed E-state index contributed by atoms with van der Waals surface area (Å²) in [6.07, 6.45) is 6.05. The molecular weight excluding hydrogens is 274 g/mol. The Morgan fingerprint density at radius 1 is 1.23 bits per heavy atom. The second-order valence-corrected chi connectivity index (χ2v) is 6.82. The number of fused-ring (bicyclic) bond motifs is 3. The fourth-order valence-electron chi connectivity index (χ4n) is 4.31. The van der Waals surface area contributed by atoms with Crippen molar-refractivity contribution in [1.29, 1.82) is 0 Å². The smallest absolute Gasteiger partial charge is 0.120 e. The Hall–Kier alpha value is -1.52. The largest absolute Gasteiger partial charge is 0.497 e. The van der Waals surface area contributed by atoms with Crippen molar-refractivity contribution < 1.29 is 4.74 Å². The first-order valence-corrected chi connectivity index (χ1v) is 8.33. The summed E-state index contributed by atoms with van der Waals surface area (Å²) in [7, 11) is 3.98. The third kappa shape index (κ3) is 2.40. The molecule has 2 unspecified atom stereocenters. The number of nitrogens with one attached hydrogen (secondary N) is 1. The number of piperazine rings is 1. The molecule has 2 atom stereocenters. The highest BCUT2D eigenvalue weighted by molar-refractivity contribution is 5.84. The number of hydrogen-bond acceptors (Lipinski definition) is 3. The highest BCUT2D eigenvalue weighted by Crippen LogP contribution is 2.30. The van der Waals surface area contributed by atoms with E-state index in [4.69, 9.17) is 4.74 Å². The van der Waals surface area contributed by atoms with E-state index < -0.39 is 0 Å². The first-order chi connectivity index (χ1) is 10.7. The van der Waals surface area contributed by atoms with Crippen LogP contribution in [0.15, 0.2) is 24.4 Å². The molecule has 1 N–H and O–H groups in total. The van der Waals surface area contributed by atoms with Gasteiger partial charge in [0.05, 0.1) is 7.11 Å². The van der Waals surface area contributed by atoms with Crippen LogP contribution in [0.2, 0.25) is 0 Å². The number of likely N-dealkylation sites (tertiary alicyclic amines) is 1. The maximum absolute atomic E-state index is 5.30. The summed E-state index contributed by atoms with van der Waals surface area (Å²) in [5.41, 5.74) is 2.60. The Morgan fingerprint density at radius 2 is 2.00 bits per heavy atom. The number of hydrogen-bond donors (Lipinski definition) is 1. The van der Waals surface area contributed by atoms with Gasteiger partial charge in [-0.3, -0.25) is 4.90 Å². The van der Waals surface area contributed by atoms with Gasteiger partial charge in [0.2, 0.25) is 0 Å². The van der Waals surface area contributed by atoms with Crippen molar-refractivity contribution in [1.82, 2.24) is 14.8 Å². The minimum Gasteiger partial charge on any atom is -0.497 e. The van der Waals surface area contributed by atoms with E-state index in [2.05, 4.69) is 46.2 Å². The van der Waals surface area contributed by atoms with Crippen LogP contribution in [-0.2, 0) is 6.42 Å². The molecule has 2 fully saturated rings. The lowest BCUT2D eigenvalue weighted by Gasteiger charge is -2.39. The van der Waals surface area contributed by atoms with E-state index in [0.29, 0.717) is 0 Å². The number of aromatic nitrogens is 1. The SMILES string of the molecule is COc1ccc2c(CCN3C4CCC3CN(C)C4)c[nH]c2c1. The number of likely N-dealkylation sites (N-methyl/N-ethyl adjacent to an activating group) is 1. The predicted molar refractivity (Wildman–Crippen MR) is 89.6 cm³/mol. The number of nitrogens with zero attached hydrogens (tertiary/aromatic N) is 2. The Labute approximate surface area is 132 Å². The van der Waals surface area contributed by atoms with Gasteiger partial charge < -0.3 is 14.6 Å². The molecule has 1 aromatic heterocycles. The lowest BCUT2D eigenvalue weighted by atomic mass is 10.1. The van der Waals surface area contributed by atoms with Crippen molar-refractivity contribution >= 4 is 10.9 Å². The summed E-state index contributed by atoms with van der Waals surface area (Å²) in [6, 6.07) is 7.86. The van der Waals surface area contributed by atoms with Crippen LogP contribution in [0.25, 0.3) is 10.9 Å². The minimum atomic E-state index is 0.772. The molecule has 4 nitrogen and oxygen atoms in total. The van der Waals surface area contributed by atoms with Crippen molar-refractivity contribution in [2.45, 2.75) is 31.3 Å². The van der Waals surface area contributed by atoms with Crippen molar-refractivity contribution in [3.8, 4) is 5.75 Å². The molecule has 2 saturated heterocycles. The third-order valence-electron chi connectivity index (χ3n) is 5.43. The molecule has 2 aliphatic rings. The molecule has 0 aliphatic carbocycles. The van der Waals surface area contributed by atoms with Crippen LogP contribution in [-0.4, -0.2) is 60.7 Å². The molecule has 0 saturated carbocycles.